The van der Waals surface area contributed by atoms with Gasteiger partial charge < -0.3 is 10.6 Å². The third kappa shape index (κ3) is 2.02. The molecule has 0 aromatic heterocycles. The molecule has 1 aromatic carbocycles. The first kappa shape index (κ1) is 11.3. The van der Waals surface area contributed by atoms with E-state index in [1.54, 1.807) is 6.07 Å². The van der Waals surface area contributed by atoms with Gasteiger partial charge in [0.05, 0.1) is 10.7 Å². The Morgan fingerprint density at radius 1 is 1.35 bits per heavy atom. The molecule has 0 radical (unpaired) electrons. The molecule has 3 rings (SSSR count). The van der Waals surface area contributed by atoms with E-state index in [0.29, 0.717) is 17.0 Å². The zero-order valence-corrected chi connectivity index (χ0v) is 10.4. The highest BCUT2D eigenvalue weighted by atomic mass is 35.5. The highest BCUT2D eigenvalue weighted by Crippen LogP contribution is 2.37. The first-order chi connectivity index (χ1) is 8.25. The van der Waals surface area contributed by atoms with Gasteiger partial charge in [0.25, 0.3) is 0 Å². The summed E-state index contributed by atoms with van der Waals surface area (Å²) in [5.41, 5.74) is 1.57. The molecule has 0 aliphatic carbocycles. The lowest BCUT2D eigenvalue weighted by molar-refractivity contribution is 0.338. The summed E-state index contributed by atoms with van der Waals surface area (Å²) in [7, 11) is 0. The highest BCUT2D eigenvalue weighted by Gasteiger charge is 2.31. The van der Waals surface area contributed by atoms with Crippen LogP contribution in [-0.4, -0.2) is 19.1 Å². The minimum atomic E-state index is -0.136. The lowest BCUT2D eigenvalue weighted by Crippen LogP contribution is -2.39. The van der Waals surface area contributed by atoms with Gasteiger partial charge in [-0.3, -0.25) is 0 Å². The SMILES string of the molecule is Fc1ccc(Cl)c2c1CC(C1CCCNC1)N2. The van der Waals surface area contributed by atoms with Crippen LogP contribution in [-0.2, 0) is 6.42 Å². The van der Waals surface area contributed by atoms with Crippen molar-refractivity contribution < 1.29 is 4.39 Å². The summed E-state index contributed by atoms with van der Waals surface area (Å²) in [4.78, 5) is 0. The Morgan fingerprint density at radius 3 is 2.94 bits per heavy atom. The van der Waals surface area contributed by atoms with Gasteiger partial charge in [-0.25, -0.2) is 4.39 Å². The number of hydrogen-bond donors (Lipinski definition) is 2. The van der Waals surface area contributed by atoms with E-state index in [2.05, 4.69) is 10.6 Å². The molecule has 2 nitrogen and oxygen atoms in total. The minimum absolute atomic E-state index is 0.136. The lowest BCUT2D eigenvalue weighted by Gasteiger charge is -2.28. The van der Waals surface area contributed by atoms with Gasteiger partial charge in [0.1, 0.15) is 5.82 Å². The van der Waals surface area contributed by atoms with E-state index in [0.717, 1.165) is 30.8 Å². The van der Waals surface area contributed by atoms with Crippen LogP contribution in [0.4, 0.5) is 10.1 Å². The molecule has 0 bridgehead atoms. The summed E-state index contributed by atoms with van der Waals surface area (Å²) in [6.07, 6.45) is 3.17. The van der Waals surface area contributed by atoms with Crippen molar-refractivity contribution in [2.75, 3.05) is 18.4 Å². The zero-order valence-electron chi connectivity index (χ0n) is 9.60. The second kappa shape index (κ2) is 4.46. The Kier molecular flexibility index (Phi) is 2.97. The number of nitrogens with one attached hydrogen (secondary N) is 2. The van der Waals surface area contributed by atoms with Crippen LogP contribution < -0.4 is 10.6 Å². The predicted octanol–water partition coefficient (Wildman–Crippen LogP) is 2.82. The van der Waals surface area contributed by atoms with E-state index in [4.69, 9.17) is 11.6 Å². The molecular formula is C13H16ClFN2. The number of benzene rings is 1. The lowest BCUT2D eigenvalue weighted by atomic mass is 9.90. The van der Waals surface area contributed by atoms with Crippen LogP contribution in [0.15, 0.2) is 12.1 Å². The van der Waals surface area contributed by atoms with Crippen LogP contribution >= 0.6 is 11.6 Å². The molecule has 92 valence electrons. The van der Waals surface area contributed by atoms with Gasteiger partial charge in [0.15, 0.2) is 0 Å². The summed E-state index contributed by atoms with van der Waals surface area (Å²) >= 11 is 6.10. The minimum Gasteiger partial charge on any atom is -0.380 e. The Morgan fingerprint density at radius 2 is 2.24 bits per heavy atom. The van der Waals surface area contributed by atoms with Crippen LogP contribution in [0.5, 0.6) is 0 Å². The van der Waals surface area contributed by atoms with E-state index < -0.39 is 0 Å². The number of halogens is 2. The third-order valence-corrected chi connectivity index (χ3v) is 4.18. The molecule has 2 aliphatic heterocycles. The summed E-state index contributed by atoms with van der Waals surface area (Å²) in [5, 5.41) is 7.43. The van der Waals surface area contributed by atoms with Crippen LogP contribution in [0.25, 0.3) is 0 Å². The largest absolute Gasteiger partial charge is 0.380 e. The van der Waals surface area contributed by atoms with Gasteiger partial charge >= 0.3 is 0 Å². The van der Waals surface area contributed by atoms with E-state index >= 15 is 0 Å². The van der Waals surface area contributed by atoms with Crippen molar-refractivity contribution in [2.24, 2.45) is 5.92 Å². The molecule has 4 heteroatoms. The summed E-state index contributed by atoms with van der Waals surface area (Å²) < 4.78 is 13.7. The molecule has 0 saturated carbocycles. The van der Waals surface area contributed by atoms with Crippen molar-refractivity contribution in [3.05, 3.63) is 28.5 Å². The molecule has 1 aromatic rings. The second-order valence-electron chi connectivity index (χ2n) is 4.94. The van der Waals surface area contributed by atoms with Crippen LogP contribution in [0, 0.1) is 11.7 Å². The molecule has 17 heavy (non-hydrogen) atoms. The van der Waals surface area contributed by atoms with E-state index in [9.17, 15) is 4.39 Å². The molecule has 2 N–H and O–H groups in total. The van der Waals surface area contributed by atoms with Crippen molar-refractivity contribution in [1.82, 2.24) is 5.32 Å². The summed E-state index contributed by atoms with van der Waals surface area (Å²) in [6.45, 7) is 2.12. The van der Waals surface area contributed by atoms with Crippen molar-refractivity contribution in [3.63, 3.8) is 0 Å². The van der Waals surface area contributed by atoms with E-state index in [1.165, 1.54) is 18.9 Å². The van der Waals surface area contributed by atoms with E-state index in [1.807, 2.05) is 0 Å². The molecule has 0 spiro atoms. The maximum atomic E-state index is 13.7. The molecule has 2 atom stereocenters. The van der Waals surface area contributed by atoms with Crippen LogP contribution in [0.3, 0.4) is 0 Å². The highest BCUT2D eigenvalue weighted by molar-refractivity contribution is 6.33. The first-order valence-corrected chi connectivity index (χ1v) is 6.57. The third-order valence-electron chi connectivity index (χ3n) is 3.86. The van der Waals surface area contributed by atoms with Gasteiger partial charge in [-0.15, -0.1) is 0 Å². The molecular weight excluding hydrogens is 239 g/mol. The predicted molar refractivity (Wildman–Crippen MR) is 68.1 cm³/mol. The zero-order chi connectivity index (χ0) is 11.8. The Hall–Kier alpha value is -0.800. The van der Waals surface area contributed by atoms with Gasteiger partial charge in [0, 0.05) is 11.6 Å². The second-order valence-corrected chi connectivity index (χ2v) is 5.35. The fourth-order valence-electron chi connectivity index (χ4n) is 2.91. The van der Waals surface area contributed by atoms with Gasteiger partial charge in [-0.05, 0) is 50.4 Å². The number of anilines is 1. The maximum absolute atomic E-state index is 13.7. The molecule has 0 amide bonds. The van der Waals surface area contributed by atoms with Crippen molar-refractivity contribution in [3.8, 4) is 0 Å². The smallest absolute Gasteiger partial charge is 0.128 e. The fourth-order valence-corrected chi connectivity index (χ4v) is 3.14. The van der Waals surface area contributed by atoms with Crippen molar-refractivity contribution in [2.45, 2.75) is 25.3 Å². The average Bonchev–Trinajstić information content (AvgIpc) is 2.81. The molecule has 2 unspecified atom stereocenters. The summed E-state index contributed by atoms with van der Waals surface area (Å²) in [5.74, 6) is 0.440. The van der Waals surface area contributed by atoms with Gasteiger partial charge in [-0.1, -0.05) is 11.6 Å². The fraction of sp³-hybridized carbons (Fsp3) is 0.538. The average molecular weight is 255 g/mol. The number of piperidine rings is 1. The molecule has 1 fully saturated rings. The Bertz CT molecular complexity index is 399. The number of hydrogen-bond acceptors (Lipinski definition) is 2. The quantitative estimate of drug-likeness (QED) is 0.805. The number of rotatable bonds is 1. The monoisotopic (exact) mass is 254 g/mol. The standard InChI is InChI=1S/C13H16ClFN2/c14-10-3-4-11(15)9-6-12(17-13(9)10)8-2-1-5-16-7-8/h3-4,8,12,16-17H,1-2,5-7H2. The topological polar surface area (TPSA) is 24.1 Å². The normalized spacial score (nSPS) is 27.6. The van der Waals surface area contributed by atoms with Crippen molar-refractivity contribution >= 4 is 17.3 Å². The van der Waals surface area contributed by atoms with Gasteiger partial charge in [-0.2, -0.15) is 0 Å². The van der Waals surface area contributed by atoms with Crippen LogP contribution in [0.2, 0.25) is 5.02 Å². The molecule has 2 aliphatic rings. The van der Waals surface area contributed by atoms with E-state index in [-0.39, 0.29) is 5.82 Å². The van der Waals surface area contributed by atoms with Gasteiger partial charge in [0.2, 0.25) is 0 Å². The Labute approximate surface area is 106 Å². The van der Waals surface area contributed by atoms with Crippen LogP contribution in [0.1, 0.15) is 18.4 Å². The maximum Gasteiger partial charge on any atom is 0.128 e. The molecule has 1 saturated heterocycles. The number of fused-ring (bicyclic) bond motifs is 1. The molecule has 2 heterocycles. The first-order valence-electron chi connectivity index (χ1n) is 6.20. The Balaban J connectivity index is 1.82. The summed E-state index contributed by atoms with van der Waals surface area (Å²) in [6, 6.07) is 3.42. The van der Waals surface area contributed by atoms with Crippen molar-refractivity contribution in [1.29, 1.82) is 0 Å².